The predicted molar refractivity (Wildman–Crippen MR) is 336 cm³/mol. The fourth-order valence-electron chi connectivity index (χ4n) is 6.46. The lowest BCUT2D eigenvalue weighted by Crippen LogP contribution is -2.54. The van der Waals surface area contributed by atoms with Crippen molar-refractivity contribution in [3.63, 3.8) is 0 Å². The molecule has 0 aromatic heterocycles. The highest BCUT2D eigenvalue weighted by Gasteiger charge is 2.42. The fraction of sp³-hybridized carbons (Fsp3) is 0.438. The SMILES string of the molecule is COC(C)(c1ccccc1)c1ccccc1.COC(C)(c1ccccc1)c1ccccc1.CO[Si]1(C)c2ccccc2-c2ccccc21.CSC(C)(C)C.CSC(C)(C)C.CSC(C)(C)C.[2H]C([2H])([2H])C(C)(C)SC. The Morgan fingerprint density at radius 3 is 0.736 bits per heavy atom. The zero-order valence-corrected chi connectivity index (χ0v) is 52.3. The van der Waals surface area contributed by atoms with Crippen LogP contribution < -0.4 is 10.4 Å². The molecule has 1 aliphatic heterocycles. The van der Waals surface area contributed by atoms with Gasteiger partial charge in [0, 0.05) is 44.4 Å². The molecule has 0 aliphatic carbocycles. The van der Waals surface area contributed by atoms with Gasteiger partial charge in [-0.15, -0.1) is 0 Å². The van der Waals surface area contributed by atoms with Gasteiger partial charge in [0.1, 0.15) is 11.2 Å². The standard InChI is InChI=1S/2C15H16O.C14H14OSi.4C5H12S/c2*1-15(16-2,13-9-5-3-6-10-13)14-11-7-4-8-12-14;1-15-16(2)13-9-5-3-7-11(13)12-8-4-6-10-14(12)16;4*1-5(2,3)6-4/h2*3-12H,1-2H3;3-10H,1-2H3;4*1-4H3/i;;;1D3;;;. The summed E-state index contributed by atoms with van der Waals surface area (Å²) in [6.45, 7) is 27.9. The third-order valence-electron chi connectivity index (χ3n) is 12.0. The van der Waals surface area contributed by atoms with Gasteiger partial charge in [-0.1, -0.05) is 253 Å². The average molecular weight is 1070 g/mol. The normalized spacial score (nSPS) is 13.3. The molecule has 1 aliphatic rings. The van der Waals surface area contributed by atoms with E-state index in [1.807, 2.05) is 121 Å². The van der Waals surface area contributed by atoms with Crippen molar-refractivity contribution in [3.05, 3.63) is 192 Å². The van der Waals surface area contributed by atoms with Gasteiger partial charge in [0.05, 0.1) is 0 Å². The first-order valence-corrected chi connectivity index (χ1v) is 31.9. The van der Waals surface area contributed by atoms with Gasteiger partial charge in [-0.25, -0.2) is 0 Å². The molecule has 0 amide bonds. The molecule has 3 nitrogen and oxygen atoms in total. The van der Waals surface area contributed by atoms with E-state index in [4.69, 9.17) is 18.0 Å². The van der Waals surface area contributed by atoms with E-state index < -0.39 is 19.9 Å². The smallest absolute Gasteiger partial charge is 0.253 e. The van der Waals surface area contributed by atoms with Crippen LogP contribution in [0.25, 0.3) is 11.1 Å². The second-order valence-electron chi connectivity index (χ2n) is 20.9. The highest BCUT2D eigenvalue weighted by Crippen LogP contribution is 2.34. The lowest BCUT2D eigenvalue weighted by molar-refractivity contribution is 0.0389. The Hall–Kier alpha value is -3.18. The monoisotopic (exact) mass is 1070 g/mol. The van der Waals surface area contributed by atoms with Gasteiger partial charge in [0.15, 0.2) is 0 Å². The molecule has 6 aromatic rings. The van der Waals surface area contributed by atoms with Crippen LogP contribution in [0.4, 0.5) is 0 Å². The zero-order valence-electron chi connectivity index (χ0n) is 51.0. The first-order valence-electron chi connectivity index (χ1n) is 26.1. The summed E-state index contributed by atoms with van der Waals surface area (Å²) in [5, 5.41) is 2.80. The van der Waals surface area contributed by atoms with Crippen LogP contribution in [-0.4, -0.2) is 73.7 Å². The van der Waals surface area contributed by atoms with E-state index in [0.717, 1.165) is 0 Å². The Kier molecular flexibility index (Phi) is 27.0. The van der Waals surface area contributed by atoms with Crippen molar-refractivity contribution in [1.82, 2.24) is 0 Å². The summed E-state index contributed by atoms with van der Waals surface area (Å²) in [5.74, 6) is 0. The Morgan fingerprint density at radius 2 is 0.569 bits per heavy atom. The van der Waals surface area contributed by atoms with E-state index in [1.165, 1.54) is 55.5 Å². The number of fused-ring (bicyclic) bond motifs is 3. The number of methoxy groups -OCH3 is 2. The lowest BCUT2D eigenvalue weighted by Gasteiger charge is -2.29. The number of hydrogen-bond donors (Lipinski definition) is 0. The van der Waals surface area contributed by atoms with Gasteiger partial charge in [0.2, 0.25) is 0 Å². The maximum atomic E-state index is 7.05. The van der Waals surface area contributed by atoms with Crippen molar-refractivity contribution in [1.29, 1.82) is 0 Å². The summed E-state index contributed by atoms with van der Waals surface area (Å²) in [6, 6.07) is 58.4. The van der Waals surface area contributed by atoms with E-state index in [1.54, 1.807) is 28.1 Å². The van der Waals surface area contributed by atoms with E-state index in [9.17, 15) is 0 Å². The van der Waals surface area contributed by atoms with Gasteiger partial charge in [0.25, 0.3) is 8.32 Å². The molecule has 6 aromatic carbocycles. The van der Waals surface area contributed by atoms with Crippen molar-refractivity contribution in [2.45, 2.75) is 134 Å². The van der Waals surface area contributed by atoms with Crippen LogP contribution >= 0.6 is 47.0 Å². The van der Waals surface area contributed by atoms with Crippen molar-refractivity contribution in [2.24, 2.45) is 0 Å². The molecule has 8 heteroatoms. The number of thioether (sulfide) groups is 4. The van der Waals surface area contributed by atoms with Crippen LogP contribution in [0.5, 0.6) is 0 Å². The van der Waals surface area contributed by atoms with Crippen molar-refractivity contribution in [2.75, 3.05) is 46.4 Å². The van der Waals surface area contributed by atoms with E-state index in [-0.39, 0.29) is 11.2 Å². The summed E-state index contributed by atoms with van der Waals surface area (Å²) in [6.07, 6.45) is 8.19. The van der Waals surface area contributed by atoms with Gasteiger partial charge < -0.3 is 13.9 Å². The maximum Gasteiger partial charge on any atom is 0.253 e. The number of benzene rings is 6. The Morgan fingerprint density at radius 1 is 0.347 bits per heavy atom. The van der Waals surface area contributed by atoms with Crippen LogP contribution in [-0.2, 0) is 25.1 Å². The van der Waals surface area contributed by atoms with Crippen LogP contribution in [0.1, 0.15) is 123 Å². The molecule has 0 bridgehead atoms. The first-order chi connectivity index (χ1) is 34.8. The molecule has 0 fully saturated rings. The predicted octanol–water partition coefficient (Wildman–Crippen LogP) is 17.8. The number of ether oxygens (including phenoxy) is 2. The van der Waals surface area contributed by atoms with E-state index in [2.05, 4.69) is 199 Å². The first kappa shape index (κ1) is 61.4. The van der Waals surface area contributed by atoms with Crippen LogP contribution in [0.2, 0.25) is 6.55 Å². The van der Waals surface area contributed by atoms with Crippen LogP contribution in [0.15, 0.2) is 170 Å². The molecule has 0 saturated carbocycles. The Labute approximate surface area is 464 Å². The largest absolute Gasteiger partial charge is 0.411 e. The zero-order chi connectivity index (χ0) is 57.4. The van der Waals surface area contributed by atoms with Crippen LogP contribution in [0, 0.1) is 0 Å². The summed E-state index contributed by atoms with van der Waals surface area (Å²) < 4.78 is 39.2. The number of hydrogen-bond acceptors (Lipinski definition) is 7. The molecule has 396 valence electrons. The minimum atomic E-state index is -1.90. The minimum absolute atomic E-state index is 0.372. The van der Waals surface area contributed by atoms with E-state index in [0.29, 0.717) is 14.2 Å². The maximum absolute atomic E-state index is 7.05. The summed E-state index contributed by atoms with van der Waals surface area (Å²) >= 11 is 7.02. The summed E-state index contributed by atoms with van der Waals surface area (Å²) in [7, 11) is 3.44. The minimum Gasteiger partial charge on any atom is -0.411 e. The topological polar surface area (TPSA) is 27.7 Å². The van der Waals surface area contributed by atoms with Gasteiger partial charge in [-0.2, -0.15) is 47.0 Å². The summed E-state index contributed by atoms with van der Waals surface area (Å²) in [5.41, 5.74) is 6.65. The van der Waals surface area contributed by atoms with Crippen molar-refractivity contribution in [3.8, 4) is 11.1 Å². The highest BCUT2D eigenvalue weighted by molar-refractivity contribution is 8.00. The second kappa shape index (κ2) is 31.6. The van der Waals surface area contributed by atoms with Gasteiger partial charge >= 0.3 is 0 Å². The molecule has 0 N–H and O–H groups in total. The Balaban J connectivity index is 0.000000457. The Bertz CT molecular complexity index is 2200. The van der Waals surface area contributed by atoms with Gasteiger partial charge in [-0.05, 0) is 89.2 Å². The molecule has 0 unspecified atom stereocenters. The third-order valence-corrected chi connectivity index (χ3v) is 20.5. The molecular formula is C64H94O3S4Si. The molecule has 0 radical (unpaired) electrons. The van der Waals surface area contributed by atoms with Gasteiger partial charge in [-0.3, -0.25) is 0 Å². The molecule has 0 atom stereocenters. The fourth-order valence-corrected chi connectivity index (χ4v) is 9.48. The van der Waals surface area contributed by atoms with E-state index >= 15 is 0 Å². The quantitative estimate of drug-likeness (QED) is 0.147. The molecular weight excluding hydrogens is 973 g/mol. The summed E-state index contributed by atoms with van der Waals surface area (Å²) in [4.78, 5) is 0. The highest BCUT2D eigenvalue weighted by atomic mass is 32.2. The molecule has 0 saturated heterocycles. The van der Waals surface area contributed by atoms with Crippen molar-refractivity contribution < 1.29 is 18.0 Å². The molecule has 1 heterocycles. The lowest BCUT2D eigenvalue weighted by atomic mass is 9.88. The molecule has 72 heavy (non-hydrogen) atoms. The number of rotatable bonds is 7. The second-order valence-corrected chi connectivity index (χ2v) is 30.8. The third kappa shape index (κ3) is 23.1. The molecule has 7 rings (SSSR count). The average Bonchev–Trinajstić information content (AvgIpc) is 3.67. The van der Waals surface area contributed by atoms with Crippen molar-refractivity contribution >= 4 is 65.7 Å². The van der Waals surface area contributed by atoms with Crippen LogP contribution in [0.3, 0.4) is 0 Å². The molecule has 0 spiro atoms.